The number of ether oxygens (including phenoxy) is 4. The first kappa shape index (κ1) is 27.2. The summed E-state index contributed by atoms with van der Waals surface area (Å²) in [6.45, 7) is 0. The molecule has 0 amide bonds. The van der Waals surface area contributed by atoms with Gasteiger partial charge in [0, 0.05) is 22.8 Å². The highest BCUT2D eigenvalue weighted by molar-refractivity contribution is 6.18. The SMILES string of the molecule is COc1ccc(-c2oc3cc(OC)c(OC)c(C(=O)c4ccccc4)c3c(=O)c2OC)cc1C(=O)c1ccccc1. The molecule has 0 aliphatic carbocycles. The molecular weight excluding hydrogens is 524 g/mol. The van der Waals surface area contributed by atoms with Crippen LogP contribution in [0.3, 0.4) is 0 Å². The molecule has 0 atom stereocenters. The van der Waals surface area contributed by atoms with Crippen molar-refractivity contribution in [2.24, 2.45) is 0 Å². The van der Waals surface area contributed by atoms with Crippen LogP contribution in [0.25, 0.3) is 22.3 Å². The minimum absolute atomic E-state index is 0.0127. The van der Waals surface area contributed by atoms with Gasteiger partial charge in [-0.1, -0.05) is 60.7 Å². The lowest BCUT2D eigenvalue weighted by Gasteiger charge is -2.17. The van der Waals surface area contributed by atoms with E-state index in [1.165, 1.54) is 34.5 Å². The summed E-state index contributed by atoms with van der Waals surface area (Å²) in [5.41, 5.74) is 0.962. The zero-order chi connectivity index (χ0) is 29.1. The summed E-state index contributed by atoms with van der Waals surface area (Å²) in [6, 6.07) is 23.6. The molecule has 0 bridgehead atoms. The van der Waals surface area contributed by atoms with Crippen LogP contribution in [0.5, 0.6) is 23.0 Å². The van der Waals surface area contributed by atoms with Gasteiger partial charge in [-0.05, 0) is 18.2 Å². The van der Waals surface area contributed by atoms with E-state index in [9.17, 15) is 14.4 Å². The molecule has 0 saturated heterocycles. The zero-order valence-corrected chi connectivity index (χ0v) is 22.8. The maximum atomic E-state index is 14.0. The number of methoxy groups -OCH3 is 4. The molecule has 0 aliphatic rings. The van der Waals surface area contributed by atoms with Gasteiger partial charge in [-0.2, -0.15) is 0 Å². The Kier molecular flexibility index (Phi) is 7.56. The van der Waals surface area contributed by atoms with Gasteiger partial charge in [0.05, 0.1) is 45.0 Å². The van der Waals surface area contributed by atoms with Crippen molar-refractivity contribution < 1.29 is 33.0 Å². The molecule has 0 unspecified atom stereocenters. The summed E-state index contributed by atoms with van der Waals surface area (Å²) in [7, 11) is 5.62. The fraction of sp³-hybridized carbons (Fsp3) is 0.121. The van der Waals surface area contributed by atoms with Crippen LogP contribution in [-0.2, 0) is 0 Å². The standard InChI is InChI=1S/C33H26O8/c1-37-23-16-15-21(17-22(23)28(34)19-11-7-5-8-12-19)31-33(40-4)30(36)26-24(41-31)18-25(38-2)32(39-3)27(26)29(35)20-13-9-6-10-14-20/h5-18H,1-4H3. The number of hydrogen-bond acceptors (Lipinski definition) is 8. The second-order valence-corrected chi connectivity index (χ2v) is 8.96. The number of ketones is 2. The zero-order valence-electron chi connectivity index (χ0n) is 22.8. The van der Waals surface area contributed by atoms with E-state index >= 15 is 0 Å². The van der Waals surface area contributed by atoms with E-state index in [1.54, 1.807) is 72.8 Å². The number of fused-ring (bicyclic) bond motifs is 1. The number of carbonyl (C=O) groups is 2. The average Bonchev–Trinajstić information content (AvgIpc) is 3.03. The smallest absolute Gasteiger partial charge is 0.236 e. The third-order valence-corrected chi connectivity index (χ3v) is 6.69. The third kappa shape index (κ3) is 4.80. The molecular formula is C33H26O8. The molecule has 41 heavy (non-hydrogen) atoms. The fourth-order valence-corrected chi connectivity index (χ4v) is 4.75. The molecule has 0 spiro atoms. The lowest BCUT2D eigenvalue weighted by Crippen LogP contribution is -2.14. The van der Waals surface area contributed by atoms with Gasteiger partial charge in [-0.3, -0.25) is 14.4 Å². The highest BCUT2D eigenvalue weighted by Crippen LogP contribution is 2.41. The van der Waals surface area contributed by atoms with Crippen molar-refractivity contribution in [1.82, 2.24) is 0 Å². The van der Waals surface area contributed by atoms with Gasteiger partial charge in [-0.25, -0.2) is 0 Å². The van der Waals surface area contributed by atoms with Gasteiger partial charge in [-0.15, -0.1) is 0 Å². The van der Waals surface area contributed by atoms with Crippen molar-refractivity contribution in [3.8, 4) is 34.3 Å². The quantitative estimate of drug-likeness (QED) is 0.207. The molecule has 4 aromatic carbocycles. The van der Waals surface area contributed by atoms with E-state index in [1.807, 2.05) is 6.07 Å². The van der Waals surface area contributed by atoms with Crippen LogP contribution in [0.4, 0.5) is 0 Å². The predicted molar refractivity (Wildman–Crippen MR) is 154 cm³/mol. The number of carbonyl (C=O) groups excluding carboxylic acids is 2. The molecule has 8 nitrogen and oxygen atoms in total. The maximum absolute atomic E-state index is 14.0. The largest absolute Gasteiger partial charge is 0.496 e. The van der Waals surface area contributed by atoms with E-state index < -0.39 is 11.2 Å². The van der Waals surface area contributed by atoms with Crippen LogP contribution in [0.15, 0.2) is 94.1 Å². The molecule has 5 aromatic rings. The topological polar surface area (TPSA) is 101 Å². The summed E-state index contributed by atoms with van der Waals surface area (Å²) in [5, 5.41) is -0.0220. The Morgan fingerprint density at radius 2 is 1.22 bits per heavy atom. The van der Waals surface area contributed by atoms with Crippen molar-refractivity contribution in [3.05, 3.63) is 117 Å². The van der Waals surface area contributed by atoms with E-state index in [4.69, 9.17) is 23.4 Å². The molecule has 0 saturated carbocycles. The second-order valence-electron chi connectivity index (χ2n) is 8.96. The first-order valence-corrected chi connectivity index (χ1v) is 12.6. The summed E-state index contributed by atoms with van der Waals surface area (Å²) in [4.78, 5) is 41.1. The monoisotopic (exact) mass is 550 g/mol. The second kappa shape index (κ2) is 11.4. The Bertz CT molecular complexity index is 1820. The highest BCUT2D eigenvalue weighted by Gasteiger charge is 2.29. The Morgan fingerprint density at radius 3 is 1.78 bits per heavy atom. The van der Waals surface area contributed by atoms with E-state index in [0.717, 1.165) is 0 Å². The fourth-order valence-electron chi connectivity index (χ4n) is 4.75. The lowest BCUT2D eigenvalue weighted by atomic mass is 9.96. The van der Waals surface area contributed by atoms with Crippen LogP contribution in [0.1, 0.15) is 31.8 Å². The number of benzene rings is 4. The lowest BCUT2D eigenvalue weighted by molar-refractivity contribution is 0.102. The Labute approximate surface area is 235 Å². The van der Waals surface area contributed by atoms with Gasteiger partial charge in [0.2, 0.25) is 11.2 Å². The van der Waals surface area contributed by atoms with Crippen LogP contribution < -0.4 is 24.4 Å². The van der Waals surface area contributed by atoms with Crippen molar-refractivity contribution >= 4 is 22.5 Å². The first-order valence-electron chi connectivity index (χ1n) is 12.6. The average molecular weight is 551 g/mol. The van der Waals surface area contributed by atoms with Gasteiger partial charge in [0.25, 0.3) is 0 Å². The molecule has 1 heterocycles. The molecule has 1 aromatic heterocycles. The molecule has 206 valence electrons. The molecule has 5 rings (SSSR count). The minimum Gasteiger partial charge on any atom is -0.496 e. The highest BCUT2D eigenvalue weighted by atomic mass is 16.5. The predicted octanol–water partition coefficient (Wildman–Crippen LogP) is 5.96. The first-order chi connectivity index (χ1) is 19.9. The van der Waals surface area contributed by atoms with Crippen molar-refractivity contribution in [2.45, 2.75) is 0 Å². The van der Waals surface area contributed by atoms with Crippen LogP contribution in [0, 0.1) is 0 Å². The molecule has 0 aliphatic heterocycles. The van der Waals surface area contributed by atoms with Crippen LogP contribution >= 0.6 is 0 Å². The van der Waals surface area contributed by atoms with Crippen molar-refractivity contribution in [1.29, 1.82) is 0 Å². The normalized spacial score (nSPS) is 10.7. The number of hydrogen-bond donors (Lipinski definition) is 0. The van der Waals surface area contributed by atoms with Crippen LogP contribution in [-0.4, -0.2) is 40.0 Å². The van der Waals surface area contributed by atoms with Gasteiger partial charge >= 0.3 is 0 Å². The molecule has 0 fully saturated rings. The Balaban J connectivity index is 1.79. The number of rotatable bonds is 9. The van der Waals surface area contributed by atoms with Gasteiger partial charge in [0.15, 0.2) is 28.8 Å². The van der Waals surface area contributed by atoms with Gasteiger partial charge < -0.3 is 23.4 Å². The van der Waals surface area contributed by atoms with Crippen molar-refractivity contribution in [3.63, 3.8) is 0 Å². The molecule has 0 N–H and O–H groups in total. The van der Waals surface area contributed by atoms with E-state index in [-0.39, 0.29) is 50.9 Å². The third-order valence-electron chi connectivity index (χ3n) is 6.69. The maximum Gasteiger partial charge on any atom is 0.236 e. The van der Waals surface area contributed by atoms with Gasteiger partial charge in [0.1, 0.15) is 11.3 Å². The van der Waals surface area contributed by atoms with E-state index in [2.05, 4.69) is 0 Å². The Hall–Kier alpha value is -5.37. The summed E-state index contributed by atoms with van der Waals surface area (Å²) in [6.07, 6.45) is 0. The van der Waals surface area contributed by atoms with Crippen molar-refractivity contribution in [2.75, 3.05) is 28.4 Å². The summed E-state index contributed by atoms with van der Waals surface area (Å²) in [5.74, 6) is -0.145. The molecule has 8 heteroatoms. The minimum atomic E-state index is -0.587. The van der Waals surface area contributed by atoms with Crippen LogP contribution in [0.2, 0.25) is 0 Å². The molecule has 0 radical (unpaired) electrons. The van der Waals surface area contributed by atoms with E-state index in [0.29, 0.717) is 22.4 Å². The summed E-state index contributed by atoms with van der Waals surface area (Å²) < 4.78 is 28.3. The summed E-state index contributed by atoms with van der Waals surface area (Å²) >= 11 is 0. The Morgan fingerprint density at radius 1 is 0.634 bits per heavy atom.